The quantitative estimate of drug-likeness (QED) is 0.520. The third-order valence-electron chi connectivity index (χ3n) is 1.14. The van der Waals surface area contributed by atoms with E-state index in [1.165, 1.54) is 0 Å². The van der Waals surface area contributed by atoms with Gasteiger partial charge >= 0.3 is 0 Å². The van der Waals surface area contributed by atoms with Crippen molar-refractivity contribution in [3.8, 4) is 0 Å². The molecular formula is C6H12IO. The van der Waals surface area contributed by atoms with Crippen LogP contribution >= 0.6 is 22.6 Å². The molecule has 0 amide bonds. The molecule has 1 atom stereocenters. The maximum atomic E-state index is 10.8. The summed E-state index contributed by atoms with van der Waals surface area (Å²) in [6, 6.07) is 0. The van der Waals surface area contributed by atoms with Crippen molar-refractivity contribution < 1.29 is 5.11 Å². The van der Waals surface area contributed by atoms with Crippen LogP contribution in [0.5, 0.6) is 0 Å². The molecule has 0 bridgehead atoms. The lowest BCUT2D eigenvalue weighted by Crippen LogP contribution is -2.12. The molecule has 0 aliphatic carbocycles. The van der Waals surface area contributed by atoms with Gasteiger partial charge in [-0.15, -0.1) is 0 Å². The summed E-state index contributed by atoms with van der Waals surface area (Å²) in [5.74, 6) is 0.310. The second-order valence-corrected chi connectivity index (χ2v) is 3.34. The Kier molecular flexibility index (Phi) is 4.95. The van der Waals surface area contributed by atoms with E-state index in [1.54, 1.807) is 0 Å². The SMILES string of the molecule is CC(C)C([O])CCI. The first-order valence-corrected chi connectivity index (χ1v) is 4.42. The summed E-state index contributed by atoms with van der Waals surface area (Å²) >= 11 is 2.24. The van der Waals surface area contributed by atoms with Crippen LogP contribution in [-0.2, 0) is 5.11 Å². The summed E-state index contributed by atoms with van der Waals surface area (Å²) in [7, 11) is 0. The molecule has 1 unspecified atom stereocenters. The first-order valence-electron chi connectivity index (χ1n) is 2.90. The van der Waals surface area contributed by atoms with Crippen molar-refractivity contribution in [3.63, 3.8) is 0 Å². The average molecular weight is 227 g/mol. The molecule has 0 aromatic rings. The molecule has 0 N–H and O–H groups in total. The Morgan fingerprint density at radius 1 is 1.50 bits per heavy atom. The molecule has 0 saturated carbocycles. The summed E-state index contributed by atoms with van der Waals surface area (Å²) in [6.45, 7) is 3.95. The van der Waals surface area contributed by atoms with Gasteiger partial charge in [-0.05, 0) is 12.3 Å². The second-order valence-electron chi connectivity index (χ2n) is 2.26. The molecule has 0 aliphatic heterocycles. The Hall–Kier alpha value is 0.690. The fourth-order valence-electron chi connectivity index (χ4n) is 0.441. The summed E-state index contributed by atoms with van der Waals surface area (Å²) in [5, 5.41) is 10.8. The van der Waals surface area contributed by atoms with Crippen LogP contribution in [0.15, 0.2) is 0 Å². The Morgan fingerprint density at radius 3 is 2.12 bits per heavy atom. The van der Waals surface area contributed by atoms with E-state index in [0.29, 0.717) is 5.92 Å². The maximum Gasteiger partial charge on any atom is 0.0960 e. The molecule has 0 heterocycles. The minimum Gasteiger partial charge on any atom is -0.233 e. The number of hydrogen-bond acceptors (Lipinski definition) is 0. The van der Waals surface area contributed by atoms with E-state index in [4.69, 9.17) is 0 Å². The van der Waals surface area contributed by atoms with Crippen molar-refractivity contribution in [1.29, 1.82) is 0 Å². The first kappa shape index (κ1) is 8.69. The van der Waals surface area contributed by atoms with Gasteiger partial charge in [0.25, 0.3) is 0 Å². The Labute approximate surface area is 64.6 Å². The predicted molar refractivity (Wildman–Crippen MR) is 42.8 cm³/mol. The van der Waals surface area contributed by atoms with Crippen LogP contribution in [0.3, 0.4) is 0 Å². The van der Waals surface area contributed by atoms with Crippen LogP contribution in [-0.4, -0.2) is 10.5 Å². The van der Waals surface area contributed by atoms with E-state index in [2.05, 4.69) is 22.6 Å². The molecule has 2 heteroatoms. The highest BCUT2D eigenvalue weighted by Crippen LogP contribution is 2.07. The monoisotopic (exact) mass is 227 g/mol. The molecule has 8 heavy (non-hydrogen) atoms. The van der Waals surface area contributed by atoms with Gasteiger partial charge in [0.05, 0.1) is 6.10 Å². The number of alkyl halides is 1. The molecule has 0 rings (SSSR count). The third-order valence-corrected chi connectivity index (χ3v) is 1.76. The van der Waals surface area contributed by atoms with Crippen molar-refractivity contribution in [2.45, 2.75) is 26.4 Å². The van der Waals surface area contributed by atoms with Crippen LogP contribution in [0.4, 0.5) is 0 Å². The molecule has 0 aromatic heterocycles. The fraction of sp³-hybridized carbons (Fsp3) is 1.00. The number of hydrogen-bond donors (Lipinski definition) is 0. The van der Waals surface area contributed by atoms with Crippen LogP contribution in [0.1, 0.15) is 20.3 Å². The molecule has 49 valence electrons. The lowest BCUT2D eigenvalue weighted by atomic mass is 10.1. The predicted octanol–water partition coefficient (Wildman–Crippen LogP) is 2.27. The van der Waals surface area contributed by atoms with Crippen molar-refractivity contribution >= 4 is 22.6 Å². The maximum absolute atomic E-state index is 10.8. The van der Waals surface area contributed by atoms with Gasteiger partial charge < -0.3 is 0 Å². The zero-order chi connectivity index (χ0) is 6.57. The van der Waals surface area contributed by atoms with E-state index < -0.39 is 0 Å². The van der Waals surface area contributed by atoms with Gasteiger partial charge in [0.1, 0.15) is 0 Å². The van der Waals surface area contributed by atoms with E-state index >= 15 is 0 Å². The normalized spacial score (nSPS) is 14.6. The van der Waals surface area contributed by atoms with E-state index in [0.717, 1.165) is 10.8 Å². The van der Waals surface area contributed by atoms with Gasteiger partial charge in [-0.2, -0.15) is 0 Å². The van der Waals surface area contributed by atoms with Gasteiger partial charge in [-0.25, -0.2) is 5.11 Å². The van der Waals surface area contributed by atoms with Crippen molar-refractivity contribution in [2.24, 2.45) is 5.92 Å². The van der Waals surface area contributed by atoms with E-state index in [-0.39, 0.29) is 6.10 Å². The van der Waals surface area contributed by atoms with Crippen molar-refractivity contribution in [2.75, 3.05) is 4.43 Å². The van der Waals surface area contributed by atoms with Gasteiger partial charge in [0.15, 0.2) is 0 Å². The number of rotatable bonds is 3. The van der Waals surface area contributed by atoms with Gasteiger partial charge in [-0.3, -0.25) is 0 Å². The molecule has 0 fully saturated rings. The Morgan fingerprint density at radius 2 is 2.00 bits per heavy atom. The zero-order valence-corrected chi connectivity index (χ0v) is 7.51. The zero-order valence-electron chi connectivity index (χ0n) is 5.36. The van der Waals surface area contributed by atoms with Crippen LogP contribution in [0.2, 0.25) is 0 Å². The lowest BCUT2D eigenvalue weighted by Gasteiger charge is -2.08. The van der Waals surface area contributed by atoms with Crippen LogP contribution in [0, 0.1) is 5.92 Å². The molecule has 0 aromatic carbocycles. The molecule has 0 spiro atoms. The highest BCUT2D eigenvalue weighted by Gasteiger charge is 2.08. The topological polar surface area (TPSA) is 19.9 Å². The van der Waals surface area contributed by atoms with Gasteiger partial charge in [0.2, 0.25) is 0 Å². The minimum absolute atomic E-state index is 0.310. The molecular weight excluding hydrogens is 215 g/mol. The average Bonchev–Trinajstić information content (AvgIpc) is 1.67. The Bertz CT molecular complexity index is 54.5. The smallest absolute Gasteiger partial charge is 0.0960 e. The molecule has 1 radical (unpaired) electrons. The summed E-state index contributed by atoms with van der Waals surface area (Å²) < 4.78 is 0.990. The van der Waals surface area contributed by atoms with E-state index in [1.807, 2.05) is 13.8 Å². The fourth-order valence-corrected chi connectivity index (χ4v) is 1.05. The first-order chi connectivity index (χ1) is 3.68. The highest BCUT2D eigenvalue weighted by atomic mass is 127. The minimum atomic E-state index is -0.341. The lowest BCUT2D eigenvalue weighted by molar-refractivity contribution is 0.0483. The molecule has 0 aliphatic rings. The van der Waals surface area contributed by atoms with E-state index in [9.17, 15) is 5.11 Å². The summed E-state index contributed by atoms with van der Waals surface area (Å²) in [5.41, 5.74) is 0. The van der Waals surface area contributed by atoms with Crippen molar-refractivity contribution in [1.82, 2.24) is 0 Å². The van der Waals surface area contributed by atoms with Crippen LogP contribution in [0.25, 0.3) is 0 Å². The standard InChI is InChI=1S/C6H12IO/c1-5(2)6(8)3-4-7/h5-6H,3-4H2,1-2H3. The van der Waals surface area contributed by atoms with Crippen molar-refractivity contribution in [3.05, 3.63) is 0 Å². The largest absolute Gasteiger partial charge is 0.233 e. The Balaban J connectivity index is 3.17. The highest BCUT2D eigenvalue weighted by molar-refractivity contribution is 14.1. The molecule has 1 nitrogen and oxygen atoms in total. The van der Waals surface area contributed by atoms with Gasteiger partial charge in [0, 0.05) is 4.43 Å². The summed E-state index contributed by atoms with van der Waals surface area (Å²) in [4.78, 5) is 0. The summed E-state index contributed by atoms with van der Waals surface area (Å²) in [6.07, 6.45) is 0.477. The molecule has 0 saturated heterocycles. The van der Waals surface area contributed by atoms with Gasteiger partial charge in [-0.1, -0.05) is 36.4 Å². The third kappa shape index (κ3) is 3.66. The van der Waals surface area contributed by atoms with Crippen LogP contribution < -0.4 is 0 Å². The second kappa shape index (κ2) is 4.56. The number of halogens is 1.